The van der Waals surface area contributed by atoms with E-state index in [2.05, 4.69) is 9.97 Å². The highest BCUT2D eigenvalue weighted by molar-refractivity contribution is 7.90. The second-order valence-electron chi connectivity index (χ2n) is 6.58. The van der Waals surface area contributed by atoms with Crippen LogP contribution in [0.25, 0.3) is 0 Å². The zero-order valence-corrected chi connectivity index (χ0v) is 13.0. The van der Waals surface area contributed by atoms with Gasteiger partial charge in [0.15, 0.2) is 0 Å². The van der Waals surface area contributed by atoms with Crippen LogP contribution in [0.3, 0.4) is 0 Å². The summed E-state index contributed by atoms with van der Waals surface area (Å²) < 4.78 is 26.4. The molecule has 3 heterocycles. The Labute approximate surface area is 129 Å². The van der Waals surface area contributed by atoms with Crippen molar-refractivity contribution in [2.24, 2.45) is 5.41 Å². The Hall–Kier alpha value is -1.54. The number of rotatable bonds is 3. The highest BCUT2D eigenvalue weighted by Crippen LogP contribution is 2.44. The first-order valence-electron chi connectivity index (χ1n) is 7.55. The molecule has 0 aromatic carbocycles. The van der Waals surface area contributed by atoms with Crippen molar-refractivity contribution in [1.29, 1.82) is 0 Å². The first kappa shape index (κ1) is 14.1. The molecule has 0 N–H and O–H groups in total. The normalized spacial score (nSPS) is 29.6. The second-order valence-corrected chi connectivity index (χ2v) is 8.79. The van der Waals surface area contributed by atoms with Crippen LogP contribution in [0.4, 0.5) is 5.69 Å². The summed E-state index contributed by atoms with van der Waals surface area (Å²) in [5.74, 6) is 0.0282. The molecule has 3 fully saturated rings. The Morgan fingerprint density at radius 3 is 2.59 bits per heavy atom. The van der Waals surface area contributed by atoms with E-state index < -0.39 is 10.0 Å². The summed E-state index contributed by atoms with van der Waals surface area (Å²) in [4.78, 5) is 21.9. The number of sulfonamides is 1. The van der Waals surface area contributed by atoms with Crippen LogP contribution in [0.15, 0.2) is 18.7 Å². The van der Waals surface area contributed by atoms with Gasteiger partial charge in [-0.05, 0) is 19.3 Å². The molecular formula is C14H18N4O3S. The van der Waals surface area contributed by atoms with Crippen LogP contribution >= 0.6 is 0 Å². The lowest BCUT2D eigenvalue weighted by atomic mass is 9.86. The SMILES string of the molecule is O=C1C[C@@]2(CCN(S(=O)(=O)C3CC3)C2)CN1c1cncnc1. The minimum Gasteiger partial charge on any atom is -0.309 e. The van der Waals surface area contributed by atoms with Crippen LogP contribution in [0.5, 0.6) is 0 Å². The van der Waals surface area contributed by atoms with E-state index in [4.69, 9.17) is 0 Å². The molecule has 1 amide bonds. The van der Waals surface area contributed by atoms with Crippen LogP contribution in [-0.2, 0) is 14.8 Å². The molecule has 8 heteroatoms. The molecule has 0 unspecified atom stereocenters. The molecule has 1 aromatic heterocycles. The molecule has 1 saturated carbocycles. The third-order valence-corrected chi connectivity index (χ3v) is 7.23. The molecule has 0 bridgehead atoms. The van der Waals surface area contributed by atoms with Gasteiger partial charge in [0.2, 0.25) is 15.9 Å². The fraction of sp³-hybridized carbons (Fsp3) is 0.643. The standard InChI is InChI=1S/C14H18N4O3S/c19-13-5-14(9-18(13)11-6-15-10-16-7-11)3-4-17(8-14)22(20,21)12-1-2-12/h6-7,10,12H,1-5,8-9H2/t14-/m1/s1. The molecule has 1 atom stereocenters. The quantitative estimate of drug-likeness (QED) is 0.804. The Morgan fingerprint density at radius 1 is 1.18 bits per heavy atom. The fourth-order valence-electron chi connectivity index (χ4n) is 3.52. The summed E-state index contributed by atoms with van der Waals surface area (Å²) in [6.45, 7) is 1.54. The Morgan fingerprint density at radius 2 is 1.91 bits per heavy atom. The number of hydrogen-bond donors (Lipinski definition) is 0. The van der Waals surface area contributed by atoms with Crippen molar-refractivity contribution in [3.63, 3.8) is 0 Å². The minimum atomic E-state index is -3.15. The summed E-state index contributed by atoms with van der Waals surface area (Å²) in [7, 11) is -3.15. The van der Waals surface area contributed by atoms with Crippen molar-refractivity contribution in [2.45, 2.75) is 30.9 Å². The first-order valence-corrected chi connectivity index (χ1v) is 9.05. The monoisotopic (exact) mass is 322 g/mol. The lowest BCUT2D eigenvalue weighted by Gasteiger charge is -2.23. The molecule has 4 rings (SSSR count). The van der Waals surface area contributed by atoms with Gasteiger partial charge in [0.1, 0.15) is 6.33 Å². The maximum Gasteiger partial charge on any atom is 0.227 e. The summed E-state index contributed by atoms with van der Waals surface area (Å²) in [5, 5.41) is -0.182. The smallest absolute Gasteiger partial charge is 0.227 e. The van der Waals surface area contributed by atoms with Crippen LogP contribution in [0.1, 0.15) is 25.7 Å². The molecule has 118 valence electrons. The number of anilines is 1. The number of carbonyl (C=O) groups is 1. The predicted molar refractivity (Wildman–Crippen MR) is 79.6 cm³/mol. The van der Waals surface area contributed by atoms with Crippen LogP contribution in [0, 0.1) is 5.41 Å². The number of carbonyl (C=O) groups excluding carboxylic acids is 1. The van der Waals surface area contributed by atoms with Gasteiger partial charge >= 0.3 is 0 Å². The molecule has 2 aliphatic heterocycles. The molecule has 3 aliphatic rings. The van der Waals surface area contributed by atoms with Crippen molar-refractivity contribution >= 4 is 21.6 Å². The summed E-state index contributed by atoms with van der Waals surface area (Å²) in [6, 6.07) is 0. The molecule has 1 aromatic rings. The summed E-state index contributed by atoms with van der Waals surface area (Å²) in [5.41, 5.74) is 0.433. The first-order chi connectivity index (χ1) is 10.5. The maximum absolute atomic E-state index is 12.4. The van der Waals surface area contributed by atoms with Crippen molar-refractivity contribution < 1.29 is 13.2 Å². The van der Waals surface area contributed by atoms with E-state index in [-0.39, 0.29) is 16.6 Å². The van der Waals surface area contributed by atoms with Crippen LogP contribution < -0.4 is 4.90 Å². The average molecular weight is 322 g/mol. The van der Waals surface area contributed by atoms with Gasteiger partial charge in [0.05, 0.1) is 23.3 Å². The molecule has 7 nitrogen and oxygen atoms in total. The van der Waals surface area contributed by atoms with Crippen molar-refractivity contribution in [3.8, 4) is 0 Å². The summed E-state index contributed by atoms with van der Waals surface area (Å²) >= 11 is 0. The summed E-state index contributed by atoms with van der Waals surface area (Å²) in [6.07, 6.45) is 7.37. The highest BCUT2D eigenvalue weighted by atomic mass is 32.2. The third-order valence-electron chi connectivity index (χ3n) is 4.89. The van der Waals surface area contributed by atoms with Gasteiger partial charge in [-0.25, -0.2) is 22.7 Å². The van der Waals surface area contributed by atoms with Crippen molar-refractivity contribution in [2.75, 3.05) is 24.5 Å². The molecule has 1 aliphatic carbocycles. The van der Waals surface area contributed by atoms with Crippen LogP contribution in [0.2, 0.25) is 0 Å². The fourth-order valence-corrected chi connectivity index (χ4v) is 5.48. The van der Waals surface area contributed by atoms with Gasteiger partial charge in [-0.3, -0.25) is 4.79 Å². The molecular weight excluding hydrogens is 304 g/mol. The Balaban J connectivity index is 1.54. The molecule has 22 heavy (non-hydrogen) atoms. The zero-order chi connectivity index (χ0) is 15.4. The van der Waals surface area contributed by atoms with Gasteiger partial charge in [-0.2, -0.15) is 0 Å². The topological polar surface area (TPSA) is 83.5 Å². The van der Waals surface area contributed by atoms with E-state index in [1.165, 1.54) is 6.33 Å². The van der Waals surface area contributed by atoms with E-state index in [1.807, 2.05) is 0 Å². The number of hydrogen-bond acceptors (Lipinski definition) is 5. The van der Waals surface area contributed by atoms with E-state index >= 15 is 0 Å². The largest absolute Gasteiger partial charge is 0.309 e. The van der Waals surface area contributed by atoms with Gasteiger partial charge < -0.3 is 4.90 Å². The van der Waals surface area contributed by atoms with E-state index in [1.54, 1.807) is 21.6 Å². The minimum absolute atomic E-state index is 0.0282. The van der Waals surface area contributed by atoms with E-state index in [0.29, 0.717) is 31.7 Å². The van der Waals surface area contributed by atoms with Crippen molar-refractivity contribution in [3.05, 3.63) is 18.7 Å². The van der Waals surface area contributed by atoms with Gasteiger partial charge in [0.25, 0.3) is 0 Å². The van der Waals surface area contributed by atoms with Crippen molar-refractivity contribution in [1.82, 2.24) is 14.3 Å². The molecule has 1 spiro atoms. The number of nitrogens with zero attached hydrogens (tertiary/aromatic N) is 4. The Bertz CT molecular complexity index is 704. The second kappa shape index (κ2) is 4.73. The van der Waals surface area contributed by atoms with Gasteiger partial charge in [-0.15, -0.1) is 0 Å². The van der Waals surface area contributed by atoms with E-state index in [9.17, 15) is 13.2 Å². The number of aromatic nitrogens is 2. The van der Waals surface area contributed by atoms with E-state index in [0.717, 1.165) is 19.3 Å². The lowest BCUT2D eigenvalue weighted by Crippen LogP contribution is -2.35. The van der Waals surface area contributed by atoms with Gasteiger partial charge in [-0.1, -0.05) is 0 Å². The molecule has 2 saturated heterocycles. The maximum atomic E-state index is 12.4. The van der Waals surface area contributed by atoms with Crippen LogP contribution in [-0.4, -0.2) is 53.5 Å². The highest BCUT2D eigenvalue weighted by Gasteiger charge is 2.52. The third kappa shape index (κ3) is 2.21. The average Bonchev–Trinajstić information content (AvgIpc) is 3.22. The van der Waals surface area contributed by atoms with Gasteiger partial charge in [0, 0.05) is 31.5 Å². The molecule has 0 radical (unpaired) electrons. The zero-order valence-electron chi connectivity index (χ0n) is 12.2. The number of amides is 1. The predicted octanol–water partition coefficient (Wildman–Crippen LogP) is 0.398. The lowest BCUT2D eigenvalue weighted by molar-refractivity contribution is -0.117. The Kier molecular flexibility index (Phi) is 3.02.